The molecule has 0 bridgehead atoms. The Morgan fingerprint density at radius 2 is 2.04 bits per heavy atom. The Balaban J connectivity index is 1.49. The van der Waals surface area contributed by atoms with Gasteiger partial charge in [0.2, 0.25) is 0 Å². The third-order valence-corrected chi connectivity index (χ3v) is 4.85. The van der Waals surface area contributed by atoms with Gasteiger partial charge in [-0.1, -0.05) is 35.5 Å². The minimum atomic E-state index is -0.137. The molecule has 1 amide bonds. The Morgan fingerprint density at radius 3 is 2.78 bits per heavy atom. The second-order valence-electron chi connectivity index (χ2n) is 6.59. The molecule has 1 saturated carbocycles. The summed E-state index contributed by atoms with van der Waals surface area (Å²) in [5, 5.41) is 7.08. The lowest BCUT2D eigenvalue weighted by Gasteiger charge is -2.25. The fraction of sp³-hybridized carbons (Fsp3) is 0.444. The van der Waals surface area contributed by atoms with Gasteiger partial charge in [0.25, 0.3) is 5.91 Å². The van der Waals surface area contributed by atoms with Crippen molar-refractivity contribution in [2.45, 2.75) is 37.3 Å². The largest absolute Gasteiger partial charge is 0.360 e. The van der Waals surface area contributed by atoms with Gasteiger partial charge in [-0.25, -0.2) is 0 Å². The first kappa shape index (κ1) is 14.5. The van der Waals surface area contributed by atoms with Crippen molar-refractivity contribution in [1.82, 2.24) is 15.4 Å². The first-order valence-corrected chi connectivity index (χ1v) is 8.25. The summed E-state index contributed by atoms with van der Waals surface area (Å²) in [6.07, 6.45) is 3.22. The summed E-state index contributed by atoms with van der Waals surface area (Å²) in [5.41, 5.74) is 1.63. The topological polar surface area (TPSA) is 58.4 Å². The van der Waals surface area contributed by atoms with Gasteiger partial charge in [-0.15, -0.1) is 0 Å². The van der Waals surface area contributed by atoms with E-state index in [0.29, 0.717) is 11.6 Å². The molecule has 2 atom stereocenters. The molecule has 1 aromatic carbocycles. The van der Waals surface area contributed by atoms with E-state index in [-0.39, 0.29) is 18.0 Å². The number of hydrogen-bond donors (Lipinski definition) is 1. The molecule has 23 heavy (non-hydrogen) atoms. The second kappa shape index (κ2) is 5.81. The van der Waals surface area contributed by atoms with E-state index >= 15 is 0 Å². The van der Waals surface area contributed by atoms with Crippen LogP contribution in [-0.4, -0.2) is 35.6 Å². The number of benzene rings is 1. The zero-order chi connectivity index (χ0) is 15.8. The summed E-state index contributed by atoms with van der Waals surface area (Å²) in [7, 11) is 2.10. The summed E-state index contributed by atoms with van der Waals surface area (Å²) in [6.45, 7) is 0.969. The summed E-state index contributed by atoms with van der Waals surface area (Å²) in [4.78, 5) is 14.8. The molecule has 5 heteroatoms. The second-order valence-corrected chi connectivity index (χ2v) is 6.59. The third kappa shape index (κ3) is 2.88. The van der Waals surface area contributed by atoms with Crippen LogP contribution in [0.5, 0.6) is 0 Å². The third-order valence-electron chi connectivity index (χ3n) is 4.85. The van der Waals surface area contributed by atoms with Gasteiger partial charge in [0, 0.05) is 18.5 Å². The molecule has 1 aliphatic carbocycles. The van der Waals surface area contributed by atoms with Crippen molar-refractivity contribution in [3.05, 3.63) is 53.4 Å². The lowest BCUT2D eigenvalue weighted by atomic mass is 10.00. The number of aromatic nitrogens is 1. The van der Waals surface area contributed by atoms with E-state index in [1.807, 2.05) is 18.2 Å². The van der Waals surface area contributed by atoms with E-state index in [2.05, 4.69) is 34.6 Å². The van der Waals surface area contributed by atoms with Gasteiger partial charge in [0.05, 0.1) is 12.1 Å². The zero-order valence-electron chi connectivity index (χ0n) is 13.2. The first-order valence-electron chi connectivity index (χ1n) is 8.25. The Labute approximate surface area is 135 Å². The summed E-state index contributed by atoms with van der Waals surface area (Å²) < 4.78 is 5.29. The molecular weight excluding hydrogens is 290 g/mol. The minimum Gasteiger partial charge on any atom is -0.360 e. The van der Waals surface area contributed by atoms with E-state index in [0.717, 1.165) is 31.6 Å². The highest BCUT2D eigenvalue weighted by molar-refractivity contribution is 5.92. The van der Waals surface area contributed by atoms with Crippen LogP contribution in [0.25, 0.3) is 0 Å². The molecule has 5 nitrogen and oxygen atoms in total. The van der Waals surface area contributed by atoms with Crippen molar-refractivity contribution in [3.8, 4) is 0 Å². The molecule has 1 N–H and O–H groups in total. The predicted molar refractivity (Wildman–Crippen MR) is 86.2 cm³/mol. The highest BCUT2D eigenvalue weighted by Gasteiger charge is 2.35. The quantitative estimate of drug-likeness (QED) is 0.943. The molecule has 2 aromatic rings. The lowest BCUT2D eigenvalue weighted by molar-refractivity contribution is 0.0918. The maximum absolute atomic E-state index is 12.5. The number of hydrogen-bond acceptors (Lipinski definition) is 4. The van der Waals surface area contributed by atoms with Crippen molar-refractivity contribution in [3.63, 3.8) is 0 Å². The van der Waals surface area contributed by atoms with Gasteiger partial charge in [-0.05, 0) is 31.9 Å². The summed E-state index contributed by atoms with van der Waals surface area (Å²) in [6, 6.07) is 12.4. The van der Waals surface area contributed by atoms with Gasteiger partial charge in [0.1, 0.15) is 5.76 Å². The van der Waals surface area contributed by atoms with Crippen LogP contribution in [0.4, 0.5) is 0 Å². The lowest BCUT2D eigenvalue weighted by Crippen LogP contribution is -2.39. The molecule has 1 saturated heterocycles. The van der Waals surface area contributed by atoms with Crippen molar-refractivity contribution in [1.29, 1.82) is 0 Å². The van der Waals surface area contributed by atoms with Gasteiger partial charge in [0.15, 0.2) is 5.69 Å². The number of likely N-dealkylation sites (tertiary alicyclic amines) is 1. The average Bonchev–Trinajstić information content (AvgIpc) is 3.18. The highest BCUT2D eigenvalue weighted by Crippen LogP contribution is 2.40. The maximum atomic E-state index is 12.5. The highest BCUT2D eigenvalue weighted by atomic mass is 16.5. The molecule has 2 heterocycles. The normalized spacial score (nSPS) is 24.7. The Morgan fingerprint density at radius 1 is 1.26 bits per heavy atom. The molecule has 2 fully saturated rings. The molecule has 2 aliphatic rings. The van der Waals surface area contributed by atoms with E-state index < -0.39 is 0 Å². The van der Waals surface area contributed by atoms with Crippen LogP contribution in [0, 0.1) is 0 Å². The molecule has 120 valence electrons. The van der Waals surface area contributed by atoms with E-state index in [4.69, 9.17) is 4.52 Å². The molecule has 0 radical (unpaired) electrons. The molecule has 1 aromatic heterocycles. The van der Waals surface area contributed by atoms with Gasteiger partial charge in [-0.2, -0.15) is 0 Å². The molecular formula is C18H21N3O2. The smallest absolute Gasteiger partial charge is 0.273 e. The van der Waals surface area contributed by atoms with Crippen LogP contribution < -0.4 is 5.32 Å². The average molecular weight is 311 g/mol. The van der Waals surface area contributed by atoms with Crippen molar-refractivity contribution in [2.24, 2.45) is 0 Å². The van der Waals surface area contributed by atoms with E-state index in [1.54, 1.807) is 6.07 Å². The van der Waals surface area contributed by atoms with E-state index in [9.17, 15) is 4.79 Å². The number of carbonyl (C=O) groups excluding carboxylic acids is 1. The predicted octanol–water partition coefficient (Wildman–Crippen LogP) is 2.73. The summed E-state index contributed by atoms with van der Waals surface area (Å²) >= 11 is 0. The van der Waals surface area contributed by atoms with Gasteiger partial charge in [-0.3, -0.25) is 9.69 Å². The SMILES string of the molecule is CN1CCC(NC(=O)c2cc(C3CC3)on2)C1c1ccccc1. The zero-order valence-corrected chi connectivity index (χ0v) is 13.2. The van der Waals surface area contributed by atoms with Crippen LogP contribution in [0.1, 0.15) is 53.0 Å². The summed E-state index contributed by atoms with van der Waals surface area (Å²) in [5.74, 6) is 1.18. The number of nitrogens with zero attached hydrogens (tertiary/aromatic N) is 2. The Kier molecular flexibility index (Phi) is 3.65. The van der Waals surface area contributed by atoms with Crippen LogP contribution in [-0.2, 0) is 0 Å². The molecule has 0 spiro atoms. The Hall–Kier alpha value is -2.14. The molecule has 2 unspecified atom stereocenters. The minimum absolute atomic E-state index is 0.0935. The van der Waals surface area contributed by atoms with Gasteiger partial charge < -0.3 is 9.84 Å². The van der Waals surface area contributed by atoms with Crippen molar-refractivity contribution >= 4 is 5.91 Å². The van der Waals surface area contributed by atoms with Crippen LogP contribution in [0.15, 0.2) is 40.9 Å². The first-order chi connectivity index (χ1) is 11.2. The molecule has 1 aliphatic heterocycles. The van der Waals surface area contributed by atoms with Crippen LogP contribution in [0.2, 0.25) is 0 Å². The number of rotatable bonds is 4. The fourth-order valence-corrected chi connectivity index (χ4v) is 3.43. The maximum Gasteiger partial charge on any atom is 0.273 e. The van der Waals surface area contributed by atoms with Gasteiger partial charge >= 0.3 is 0 Å². The number of nitrogens with one attached hydrogen (secondary N) is 1. The monoisotopic (exact) mass is 311 g/mol. The van der Waals surface area contributed by atoms with Crippen LogP contribution >= 0.6 is 0 Å². The Bertz CT molecular complexity index is 693. The van der Waals surface area contributed by atoms with Crippen molar-refractivity contribution < 1.29 is 9.32 Å². The number of carbonyl (C=O) groups is 1. The standard InChI is InChI=1S/C18H21N3O2/c1-21-10-9-14(17(21)13-5-3-2-4-6-13)19-18(22)15-11-16(23-20-15)12-7-8-12/h2-6,11-12,14,17H,7-10H2,1H3,(H,19,22). The molecule has 4 rings (SSSR count). The van der Waals surface area contributed by atoms with Crippen LogP contribution in [0.3, 0.4) is 0 Å². The van der Waals surface area contributed by atoms with E-state index in [1.165, 1.54) is 5.56 Å². The number of likely N-dealkylation sites (N-methyl/N-ethyl adjacent to an activating group) is 1. The number of amides is 1. The van der Waals surface area contributed by atoms with Crippen molar-refractivity contribution in [2.75, 3.05) is 13.6 Å². The fourth-order valence-electron chi connectivity index (χ4n) is 3.43.